The third-order valence-electron chi connectivity index (χ3n) is 7.95. The number of hydrogen-bond acceptors (Lipinski definition) is 5. The van der Waals surface area contributed by atoms with Gasteiger partial charge in [-0.05, 0) is 29.2 Å². The van der Waals surface area contributed by atoms with Crippen molar-refractivity contribution >= 4 is 46.8 Å². The zero-order valence-electron chi connectivity index (χ0n) is 20.4. The van der Waals surface area contributed by atoms with Crippen LogP contribution in [0.4, 0.5) is 0 Å². The summed E-state index contributed by atoms with van der Waals surface area (Å²) in [5.74, 6) is -3.79. The summed E-state index contributed by atoms with van der Waals surface area (Å²) in [6.45, 7) is 1.30. The summed E-state index contributed by atoms with van der Waals surface area (Å²) in [6.07, 6.45) is -0.247. The lowest BCUT2D eigenvalue weighted by Gasteiger charge is -2.54. The van der Waals surface area contributed by atoms with Crippen LogP contribution in [0.2, 0.25) is 0 Å². The minimum Gasteiger partial charge on any atom is -0.457 e. The second kappa shape index (κ2) is 8.79. The molecule has 3 aromatic carbocycles. The van der Waals surface area contributed by atoms with E-state index in [2.05, 4.69) is 0 Å². The first-order valence-electron chi connectivity index (χ1n) is 12.4. The number of aryl methyl sites for hydroxylation is 1. The molecule has 0 spiro atoms. The molecule has 2 atom stereocenters. The maximum Gasteiger partial charge on any atom is 0.308 e. The average molecular weight is 548 g/mol. The fraction of sp³-hybridized carbons (Fsp3) is 0.267. The molecule has 0 saturated carbocycles. The quantitative estimate of drug-likeness (QED) is 0.193. The van der Waals surface area contributed by atoms with Gasteiger partial charge >= 0.3 is 5.97 Å². The van der Waals surface area contributed by atoms with E-state index in [9.17, 15) is 19.2 Å². The molecular formula is C30H23Cl2NO5. The minimum absolute atomic E-state index is 0.186. The zero-order valence-corrected chi connectivity index (χ0v) is 22.0. The van der Waals surface area contributed by atoms with E-state index in [1.807, 2.05) is 55.5 Å². The van der Waals surface area contributed by atoms with Crippen LogP contribution < -0.4 is 0 Å². The van der Waals surface area contributed by atoms with Gasteiger partial charge < -0.3 is 4.74 Å². The Labute approximate surface area is 229 Å². The Morgan fingerprint density at radius 3 is 1.68 bits per heavy atom. The lowest BCUT2D eigenvalue weighted by molar-refractivity contribution is -0.145. The largest absolute Gasteiger partial charge is 0.457 e. The number of esters is 1. The highest BCUT2D eigenvalue weighted by Gasteiger charge is 2.72. The van der Waals surface area contributed by atoms with Crippen LogP contribution in [0.5, 0.6) is 0 Å². The van der Waals surface area contributed by atoms with Crippen LogP contribution in [-0.2, 0) is 28.9 Å². The molecule has 1 aliphatic heterocycles. The second-order valence-corrected chi connectivity index (χ2v) is 11.2. The molecule has 0 radical (unpaired) electrons. The Bertz CT molecular complexity index is 1390. The Hall–Kier alpha value is -3.48. The van der Waals surface area contributed by atoms with Gasteiger partial charge in [0.1, 0.15) is 9.75 Å². The van der Waals surface area contributed by atoms with Gasteiger partial charge in [0.05, 0.1) is 18.3 Å². The van der Waals surface area contributed by atoms with Crippen LogP contribution in [0.1, 0.15) is 44.6 Å². The van der Waals surface area contributed by atoms with Crippen molar-refractivity contribution in [1.29, 1.82) is 0 Å². The SMILES string of the molecule is Cc1ccc(C(=O)COC(=O)CCN2C(=O)[C@H]3[C@H](C2=O)C2(Cl)c4ccccc4C3(Cl)c3ccccc32)cc1. The Kier molecular flexibility index (Phi) is 5.74. The van der Waals surface area contributed by atoms with Gasteiger partial charge in [-0.25, -0.2) is 0 Å². The van der Waals surface area contributed by atoms with E-state index in [1.54, 1.807) is 24.3 Å². The average Bonchev–Trinajstić information content (AvgIpc) is 3.19. The van der Waals surface area contributed by atoms with E-state index >= 15 is 0 Å². The number of halogens is 2. The van der Waals surface area contributed by atoms with E-state index in [0.29, 0.717) is 27.8 Å². The Morgan fingerprint density at radius 2 is 1.24 bits per heavy atom. The number of alkyl halides is 2. The molecule has 3 aliphatic carbocycles. The Balaban J connectivity index is 1.23. The van der Waals surface area contributed by atoms with Crippen molar-refractivity contribution in [3.05, 3.63) is 106 Å². The number of likely N-dealkylation sites (tertiary alicyclic amines) is 1. The number of nitrogens with zero attached hydrogens (tertiary/aromatic N) is 1. The van der Waals surface area contributed by atoms with Gasteiger partial charge in [0.2, 0.25) is 11.8 Å². The van der Waals surface area contributed by atoms with E-state index in [0.717, 1.165) is 10.5 Å². The fourth-order valence-corrected chi connectivity index (χ4v) is 7.29. The number of rotatable bonds is 6. The van der Waals surface area contributed by atoms with E-state index in [1.165, 1.54) is 0 Å². The van der Waals surface area contributed by atoms with Crippen LogP contribution in [0.3, 0.4) is 0 Å². The number of ketones is 1. The third-order valence-corrected chi connectivity index (χ3v) is 9.24. The van der Waals surface area contributed by atoms with E-state index < -0.39 is 46.0 Å². The van der Waals surface area contributed by atoms with Crippen LogP contribution in [0.15, 0.2) is 72.8 Å². The number of benzene rings is 3. The summed E-state index contributed by atoms with van der Waals surface area (Å²) in [5.41, 5.74) is 4.31. The molecule has 1 heterocycles. The molecule has 8 heteroatoms. The van der Waals surface area contributed by atoms with Gasteiger partial charge in [-0.2, -0.15) is 0 Å². The highest BCUT2D eigenvalue weighted by Crippen LogP contribution is 2.69. The molecule has 2 amide bonds. The molecule has 2 bridgehead atoms. The predicted molar refractivity (Wildman–Crippen MR) is 141 cm³/mol. The number of ether oxygens (including phenoxy) is 1. The number of carbonyl (C=O) groups excluding carboxylic acids is 4. The lowest BCUT2D eigenvalue weighted by Crippen LogP contribution is -2.57. The molecule has 4 aliphatic rings. The highest BCUT2D eigenvalue weighted by molar-refractivity contribution is 6.36. The molecule has 3 aromatic rings. The molecule has 192 valence electrons. The summed E-state index contributed by atoms with van der Waals surface area (Å²) >= 11 is 14.7. The zero-order chi connectivity index (χ0) is 26.8. The summed E-state index contributed by atoms with van der Waals surface area (Å²) in [5, 5.41) is 0. The van der Waals surface area contributed by atoms with Crippen LogP contribution in [-0.4, -0.2) is 41.6 Å². The second-order valence-electron chi connectivity index (χ2n) is 10.00. The highest BCUT2D eigenvalue weighted by atomic mass is 35.5. The van der Waals surface area contributed by atoms with E-state index in [-0.39, 0.29) is 18.7 Å². The van der Waals surface area contributed by atoms with Crippen molar-refractivity contribution in [3.63, 3.8) is 0 Å². The molecule has 1 fully saturated rings. The number of amides is 2. The number of imide groups is 1. The lowest BCUT2D eigenvalue weighted by atomic mass is 9.54. The molecule has 0 aromatic heterocycles. The van der Waals surface area contributed by atoms with E-state index in [4.69, 9.17) is 27.9 Å². The van der Waals surface area contributed by atoms with Gasteiger partial charge in [-0.3, -0.25) is 24.1 Å². The number of Topliss-reactive ketones (excluding diaryl/α,β-unsaturated/α-hetero) is 1. The van der Waals surface area contributed by atoms with Crippen molar-refractivity contribution in [2.24, 2.45) is 11.8 Å². The van der Waals surface area contributed by atoms with Crippen molar-refractivity contribution < 1.29 is 23.9 Å². The molecule has 0 N–H and O–H groups in total. The summed E-state index contributed by atoms with van der Waals surface area (Å²) in [4.78, 5) is 50.8. The molecule has 7 rings (SSSR count). The molecule has 0 unspecified atom stereocenters. The van der Waals surface area contributed by atoms with Crippen molar-refractivity contribution in [1.82, 2.24) is 4.90 Å². The molecule has 1 saturated heterocycles. The van der Waals surface area contributed by atoms with Gasteiger partial charge in [0.15, 0.2) is 12.4 Å². The first-order valence-corrected chi connectivity index (χ1v) is 13.1. The minimum atomic E-state index is -1.27. The van der Waals surface area contributed by atoms with Gasteiger partial charge in [-0.15, -0.1) is 23.2 Å². The van der Waals surface area contributed by atoms with Crippen LogP contribution in [0, 0.1) is 18.8 Å². The molecule has 6 nitrogen and oxygen atoms in total. The van der Waals surface area contributed by atoms with Crippen molar-refractivity contribution in [3.8, 4) is 0 Å². The fourth-order valence-electron chi connectivity index (χ4n) is 6.19. The standard InChI is InChI=1S/C30H23Cl2NO5/c1-17-10-12-18(13-11-17)23(34)16-38-24(35)14-15-33-27(36)25-26(28(33)37)30(32)20-7-3-2-6-19(20)29(25,31)21-8-4-5-9-22(21)30/h2-13,25-26H,14-16H2,1H3/t25-,26-,29?,30?/m1/s1. The van der Waals surface area contributed by atoms with Gasteiger partial charge in [0, 0.05) is 12.1 Å². The van der Waals surface area contributed by atoms with Gasteiger partial charge in [-0.1, -0.05) is 78.4 Å². The first-order chi connectivity index (χ1) is 18.2. The molecular weight excluding hydrogens is 525 g/mol. The smallest absolute Gasteiger partial charge is 0.308 e. The maximum absolute atomic E-state index is 13.8. The summed E-state index contributed by atoms with van der Waals surface area (Å²) in [6, 6.07) is 21.7. The number of carbonyl (C=O) groups is 4. The van der Waals surface area contributed by atoms with Crippen LogP contribution in [0.25, 0.3) is 0 Å². The van der Waals surface area contributed by atoms with Crippen molar-refractivity contribution in [2.45, 2.75) is 23.1 Å². The van der Waals surface area contributed by atoms with Crippen molar-refractivity contribution in [2.75, 3.05) is 13.2 Å². The normalized spacial score (nSPS) is 26.6. The third kappa shape index (κ3) is 3.33. The predicted octanol–water partition coefficient (Wildman–Crippen LogP) is 4.70. The van der Waals surface area contributed by atoms with Crippen LogP contribution >= 0.6 is 23.2 Å². The summed E-state index contributed by atoms with van der Waals surface area (Å²) in [7, 11) is 0. The topological polar surface area (TPSA) is 80.8 Å². The Morgan fingerprint density at radius 1 is 0.789 bits per heavy atom. The molecule has 38 heavy (non-hydrogen) atoms. The maximum atomic E-state index is 13.8. The van der Waals surface area contributed by atoms with Gasteiger partial charge in [0.25, 0.3) is 0 Å². The monoisotopic (exact) mass is 547 g/mol. The summed E-state index contributed by atoms with van der Waals surface area (Å²) < 4.78 is 5.14. The number of hydrogen-bond donors (Lipinski definition) is 0. The first kappa shape index (κ1) is 24.8.